The van der Waals surface area contributed by atoms with Crippen LogP contribution in [0.2, 0.25) is 0 Å². The van der Waals surface area contributed by atoms with Gasteiger partial charge in [-0.25, -0.2) is 15.0 Å². The lowest BCUT2D eigenvalue weighted by Crippen LogP contribution is -2.00. The molecule has 266 valence electrons. The van der Waals surface area contributed by atoms with Crippen molar-refractivity contribution in [3.8, 4) is 51.0 Å². The normalized spacial score (nSPS) is 11.9. The van der Waals surface area contributed by atoms with Crippen LogP contribution in [0.3, 0.4) is 0 Å². The maximum absolute atomic E-state index is 5.08. The zero-order valence-electron chi connectivity index (χ0n) is 30.4. The van der Waals surface area contributed by atoms with Gasteiger partial charge in [-0.2, -0.15) is 0 Å². The third-order valence-corrected chi connectivity index (χ3v) is 13.4. The van der Waals surface area contributed by atoms with Crippen LogP contribution in [0.5, 0.6) is 0 Å². The van der Waals surface area contributed by atoms with E-state index in [2.05, 4.69) is 150 Å². The summed E-state index contributed by atoms with van der Waals surface area (Å²) in [5.41, 5.74) is 9.03. The summed E-state index contributed by atoms with van der Waals surface area (Å²) < 4.78 is 7.39. The van der Waals surface area contributed by atoms with E-state index in [4.69, 9.17) is 15.0 Å². The first-order valence-electron chi connectivity index (χ1n) is 19.0. The summed E-state index contributed by atoms with van der Waals surface area (Å²) in [6.07, 6.45) is 0. The molecule has 4 heterocycles. The largest absolute Gasteiger partial charge is 0.309 e. The highest BCUT2D eigenvalue weighted by Gasteiger charge is 2.19. The second-order valence-corrected chi connectivity index (χ2v) is 16.5. The molecule has 57 heavy (non-hydrogen) atoms. The number of aromatic nitrogens is 4. The minimum Gasteiger partial charge on any atom is -0.309 e. The first-order valence-corrected chi connectivity index (χ1v) is 20.7. The van der Waals surface area contributed by atoms with Crippen molar-refractivity contribution in [1.29, 1.82) is 0 Å². The molecule has 0 fully saturated rings. The molecular weight excluding hydrogens is 733 g/mol. The van der Waals surface area contributed by atoms with Gasteiger partial charge in [0.05, 0.1) is 11.0 Å². The predicted molar refractivity (Wildman–Crippen MR) is 242 cm³/mol. The summed E-state index contributed by atoms with van der Waals surface area (Å²) in [5, 5.41) is 7.58. The Morgan fingerprint density at radius 2 is 0.930 bits per heavy atom. The first kappa shape index (κ1) is 32.3. The molecule has 12 aromatic rings. The second-order valence-electron chi connectivity index (χ2n) is 14.4. The molecule has 0 bridgehead atoms. The molecule has 4 aromatic heterocycles. The number of rotatable bonds is 5. The van der Waals surface area contributed by atoms with E-state index in [-0.39, 0.29) is 0 Å². The Bertz CT molecular complexity index is 3410. The third kappa shape index (κ3) is 5.15. The third-order valence-electron chi connectivity index (χ3n) is 11.1. The van der Waals surface area contributed by atoms with Crippen molar-refractivity contribution >= 4 is 84.8 Å². The van der Waals surface area contributed by atoms with Gasteiger partial charge < -0.3 is 4.57 Å². The molecule has 0 saturated carbocycles. The van der Waals surface area contributed by atoms with E-state index in [1.54, 1.807) is 0 Å². The molecular formula is C51H30N4S2. The molecule has 0 spiro atoms. The SMILES string of the molecule is c1ccc(-c2nc(-c3ccccc3)nc(-c3cccc4c3sc3cc(-c5cccc6sc7cc(-n8c9ccccc9c9ccccc98)ccc7c56)ccc34)n2)cc1. The topological polar surface area (TPSA) is 43.6 Å². The number of nitrogens with zero attached hydrogens (tertiary/aromatic N) is 4. The fourth-order valence-electron chi connectivity index (χ4n) is 8.47. The fourth-order valence-corrected chi connectivity index (χ4v) is 10.9. The van der Waals surface area contributed by atoms with E-state index >= 15 is 0 Å². The van der Waals surface area contributed by atoms with Crippen LogP contribution in [0.4, 0.5) is 0 Å². The van der Waals surface area contributed by atoms with Gasteiger partial charge in [0, 0.05) is 73.5 Å². The summed E-state index contributed by atoms with van der Waals surface area (Å²) in [5.74, 6) is 2.01. The van der Waals surface area contributed by atoms with E-state index in [1.807, 2.05) is 59.1 Å². The minimum absolute atomic E-state index is 0.665. The highest BCUT2D eigenvalue weighted by Crippen LogP contribution is 2.45. The van der Waals surface area contributed by atoms with Crippen molar-refractivity contribution in [2.75, 3.05) is 0 Å². The van der Waals surface area contributed by atoms with Crippen LogP contribution in [0.1, 0.15) is 0 Å². The van der Waals surface area contributed by atoms with Gasteiger partial charge in [0.15, 0.2) is 17.5 Å². The molecule has 0 atom stereocenters. The van der Waals surface area contributed by atoms with Crippen LogP contribution in [0.25, 0.3) is 113 Å². The van der Waals surface area contributed by atoms with Crippen LogP contribution in [0.15, 0.2) is 182 Å². The maximum atomic E-state index is 5.08. The molecule has 0 amide bonds. The van der Waals surface area contributed by atoms with E-state index in [0.717, 1.165) is 16.7 Å². The molecule has 0 aliphatic heterocycles. The molecule has 8 aromatic carbocycles. The number of thiophene rings is 2. The monoisotopic (exact) mass is 762 g/mol. The lowest BCUT2D eigenvalue weighted by molar-refractivity contribution is 1.08. The van der Waals surface area contributed by atoms with Crippen LogP contribution >= 0.6 is 22.7 Å². The quantitative estimate of drug-likeness (QED) is 0.175. The van der Waals surface area contributed by atoms with Gasteiger partial charge in [-0.3, -0.25) is 0 Å². The number of hydrogen-bond acceptors (Lipinski definition) is 5. The number of para-hydroxylation sites is 2. The van der Waals surface area contributed by atoms with Crippen molar-refractivity contribution < 1.29 is 0 Å². The maximum Gasteiger partial charge on any atom is 0.165 e. The van der Waals surface area contributed by atoms with Crippen LogP contribution in [-0.4, -0.2) is 19.5 Å². The van der Waals surface area contributed by atoms with Crippen molar-refractivity contribution in [2.24, 2.45) is 0 Å². The molecule has 4 nitrogen and oxygen atoms in total. The van der Waals surface area contributed by atoms with E-state index in [1.165, 1.54) is 79.0 Å². The number of fused-ring (bicyclic) bond motifs is 9. The molecule has 0 radical (unpaired) electrons. The number of benzene rings is 8. The van der Waals surface area contributed by atoms with Gasteiger partial charge in [-0.15, -0.1) is 22.7 Å². The van der Waals surface area contributed by atoms with E-state index in [9.17, 15) is 0 Å². The first-order chi connectivity index (χ1) is 28.2. The zero-order chi connectivity index (χ0) is 37.5. The standard InChI is InChI=1S/C51H30N4S2/c1-3-13-31(14-4-1)49-52-50(32-15-5-2-6-16-32)54-51(53-49)41-21-11-20-39-38-27-25-33(29-45(38)57-48(39)41)35-19-12-24-44-47(35)40-28-26-34(30-46(40)56-44)55-42-22-9-7-17-36(42)37-18-8-10-23-43(37)55/h1-30H. The summed E-state index contributed by atoms with van der Waals surface area (Å²) in [4.78, 5) is 15.1. The Hall–Kier alpha value is -6.99. The van der Waals surface area contributed by atoms with Gasteiger partial charge in [-0.05, 0) is 53.6 Å². The van der Waals surface area contributed by atoms with E-state index in [0.29, 0.717) is 17.5 Å². The predicted octanol–water partition coefficient (Wildman–Crippen LogP) is 14.4. The molecule has 0 saturated heterocycles. The van der Waals surface area contributed by atoms with Crippen molar-refractivity contribution in [3.05, 3.63) is 182 Å². The highest BCUT2D eigenvalue weighted by atomic mass is 32.1. The molecule has 0 unspecified atom stereocenters. The summed E-state index contributed by atoms with van der Waals surface area (Å²) in [6, 6.07) is 64.9. The minimum atomic E-state index is 0.665. The lowest BCUT2D eigenvalue weighted by Gasteiger charge is -2.09. The molecule has 12 rings (SSSR count). The van der Waals surface area contributed by atoms with Crippen molar-refractivity contribution in [1.82, 2.24) is 19.5 Å². The smallest absolute Gasteiger partial charge is 0.165 e. The second kappa shape index (κ2) is 12.8. The Labute approximate surface area is 335 Å². The van der Waals surface area contributed by atoms with Crippen molar-refractivity contribution in [3.63, 3.8) is 0 Å². The van der Waals surface area contributed by atoms with Gasteiger partial charge in [0.25, 0.3) is 0 Å². The van der Waals surface area contributed by atoms with Gasteiger partial charge in [-0.1, -0.05) is 140 Å². The average Bonchev–Trinajstić information content (AvgIpc) is 3.96. The highest BCUT2D eigenvalue weighted by molar-refractivity contribution is 7.26. The Morgan fingerprint density at radius 3 is 1.65 bits per heavy atom. The molecule has 0 N–H and O–H groups in total. The zero-order valence-corrected chi connectivity index (χ0v) is 32.1. The summed E-state index contributed by atoms with van der Waals surface area (Å²) >= 11 is 3.68. The van der Waals surface area contributed by atoms with Crippen LogP contribution in [0, 0.1) is 0 Å². The van der Waals surface area contributed by atoms with E-state index < -0.39 is 0 Å². The molecule has 6 heteroatoms. The van der Waals surface area contributed by atoms with Crippen molar-refractivity contribution in [2.45, 2.75) is 0 Å². The fraction of sp³-hybridized carbons (Fsp3) is 0. The Morgan fingerprint density at radius 1 is 0.351 bits per heavy atom. The average molecular weight is 763 g/mol. The van der Waals surface area contributed by atoms with Gasteiger partial charge in [0.2, 0.25) is 0 Å². The van der Waals surface area contributed by atoms with Gasteiger partial charge >= 0.3 is 0 Å². The Balaban J connectivity index is 0.994. The summed E-state index contributed by atoms with van der Waals surface area (Å²) in [7, 11) is 0. The van der Waals surface area contributed by atoms with Crippen LogP contribution < -0.4 is 0 Å². The lowest BCUT2D eigenvalue weighted by atomic mass is 9.98. The van der Waals surface area contributed by atoms with Gasteiger partial charge in [0.1, 0.15) is 0 Å². The molecule has 0 aliphatic rings. The Kier molecular flexibility index (Phi) is 7.24. The van der Waals surface area contributed by atoms with Crippen LogP contribution in [-0.2, 0) is 0 Å². The number of hydrogen-bond donors (Lipinski definition) is 0. The summed E-state index contributed by atoms with van der Waals surface area (Å²) in [6.45, 7) is 0. The molecule has 0 aliphatic carbocycles.